The number of nitrogens with one attached hydrogen (secondary N) is 2. The molecule has 8 nitrogen and oxygen atoms in total. The zero-order chi connectivity index (χ0) is 17.7. The third-order valence-electron chi connectivity index (χ3n) is 4.27. The molecular formula is C16H25ClN4O4. The Bertz CT molecular complexity index is 618. The van der Waals surface area contributed by atoms with E-state index in [0.29, 0.717) is 22.4 Å². The van der Waals surface area contributed by atoms with E-state index in [1.54, 1.807) is 12.1 Å². The van der Waals surface area contributed by atoms with Gasteiger partial charge in [0.15, 0.2) is 6.54 Å². The van der Waals surface area contributed by atoms with Crippen molar-refractivity contribution in [2.75, 3.05) is 64.6 Å². The van der Waals surface area contributed by atoms with Crippen LogP contribution in [-0.4, -0.2) is 80.4 Å². The van der Waals surface area contributed by atoms with Gasteiger partial charge >= 0.3 is 6.09 Å². The number of hydrogen-bond acceptors (Lipinski definition) is 5. The average molecular weight is 373 g/mol. The predicted octanol–water partition coefficient (Wildman–Crippen LogP) is -2.09. The highest BCUT2D eigenvalue weighted by Gasteiger charge is 2.29. The lowest BCUT2D eigenvalue weighted by atomic mass is 10.2. The number of benzene rings is 1. The number of rotatable bonds is 4. The Kier molecular flexibility index (Phi) is 7.47. The molecule has 9 heteroatoms. The monoisotopic (exact) mass is 372 g/mol. The van der Waals surface area contributed by atoms with Gasteiger partial charge in [-0.2, -0.15) is 0 Å². The molecule has 0 aromatic heterocycles. The molecule has 3 N–H and O–H groups in total. The maximum atomic E-state index is 12.3. The van der Waals surface area contributed by atoms with Crippen LogP contribution >= 0.6 is 0 Å². The van der Waals surface area contributed by atoms with Gasteiger partial charge in [0.2, 0.25) is 0 Å². The first-order valence-electron chi connectivity index (χ1n) is 7.81. The molecule has 2 amide bonds. The Labute approximate surface area is 153 Å². The molecule has 1 aliphatic rings. The molecule has 0 aliphatic carbocycles. The van der Waals surface area contributed by atoms with Crippen molar-refractivity contribution in [3.63, 3.8) is 0 Å². The van der Waals surface area contributed by atoms with Crippen molar-refractivity contribution in [3.8, 4) is 5.75 Å². The quantitative estimate of drug-likeness (QED) is 0.416. The van der Waals surface area contributed by atoms with Crippen molar-refractivity contribution in [1.82, 2.24) is 4.90 Å². The van der Waals surface area contributed by atoms with Crippen LogP contribution in [-0.2, 0) is 9.53 Å². The number of ether oxygens (including phenoxy) is 1. The summed E-state index contributed by atoms with van der Waals surface area (Å²) >= 11 is 0. The van der Waals surface area contributed by atoms with Crippen LogP contribution in [0.4, 0.5) is 16.2 Å². The SMILES string of the molecule is COC(=O)Nc1ccc(NC(=O)C[N+]2(C)CCN(C)CC2)c(O)c1.[Cl-]. The van der Waals surface area contributed by atoms with Crippen molar-refractivity contribution in [2.45, 2.75) is 0 Å². The normalized spacial score (nSPS) is 16.4. The van der Waals surface area contributed by atoms with Gasteiger partial charge in [-0.25, -0.2) is 4.79 Å². The second-order valence-electron chi connectivity index (χ2n) is 6.42. The molecule has 0 radical (unpaired) electrons. The maximum Gasteiger partial charge on any atom is 0.411 e. The van der Waals surface area contributed by atoms with E-state index in [2.05, 4.69) is 34.4 Å². The van der Waals surface area contributed by atoms with Gasteiger partial charge in [-0.15, -0.1) is 0 Å². The smallest absolute Gasteiger partial charge is 0.411 e. The molecule has 1 aromatic rings. The minimum absolute atomic E-state index is 0. The van der Waals surface area contributed by atoms with E-state index < -0.39 is 6.09 Å². The van der Waals surface area contributed by atoms with E-state index >= 15 is 0 Å². The topological polar surface area (TPSA) is 90.9 Å². The number of phenols is 1. The third kappa shape index (κ3) is 6.08. The molecule has 140 valence electrons. The molecule has 2 rings (SSSR count). The van der Waals surface area contributed by atoms with Crippen molar-refractivity contribution in [3.05, 3.63) is 18.2 Å². The Morgan fingerprint density at radius 2 is 1.92 bits per heavy atom. The lowest BCUT2D eigenvalue weighted by Gasteiger charge is -2.40. The first-order chi connectivity index (χ1) is 11.3. The standard InChI is InChI=1S/C16H24N4O4.ClH/c1-19-6-8-20(2,9-7-19)11-15(22)18-13-5-4-12(10-14(13)21)17-16(23)24-3;/h4-5,10H,6-9,11H2,1-3H3,(H2-,17,18,21,22,23);1H. The van der Waals surface area contributed by atoms with E-state index in [1.165, 1.54) is 13.2 Å². The van der Waals surface area contributed by atoms with Crippen LogP contribution in [0.3, 0.4) is 0 Å². The van der Waals surface area contributed by atoms with Crippen LogP contribution in [0.15, 0.2) is 18.2 Å². The van der Waals surface area contributed by atoms with E-state index in [0.717, 1.165) is 26.2 Å². The van der Waals surface area contributed by atoms with Crippen LogP contribution in [0.5, 0.6) is 5.75 Å². The van der Waals surface area contributed by atoms with Crippen molar-refractivity contribution < 1.29 is 36.3 Å². The third-order valence-corrected chi connectivity index (χ3v) is 4.27. The number of carbonyl (C=O) groups is 2. The number of phenolic OH excluding ortho intramolecular Hbond substituents is 1. The highest BCUT2D eigenvalue weighted by Crippen LogP contribution is 2.27. The van der Waals surface area contributed by atoms with Crippen LogP contribution in [0.25, 0.3) is 0 Å². The minimum Gasteiger partial charge on any atom is -1.00 e. The summed E-state index contributed by atoms with van der Waals surface area (Å²) in [5, 5.41) is 15.2. The van der Waals surface area contributed by atoms with Gasteiger partial charge in [0, 0.05) is 24.8 Å². The summed E-state index contributed by atoms with van der Waals surface area (Å²) in [7, 11) is 5.40. The van der Waals surface area contributed by atoms with E-state index in [9.17, 15) is 14.7 Å². The molecule has 0 spiro atoms. The van der Waals surface area contributed by atoms with Gasteiger partial charge in [0.25, 0.3) is 5.91 Å². The van der Waals surface area contributed by atoms with Crippen LogP contribution in [0.2, 0.25) is 0 Å². The van der Waals surface area contributed by atoms with Gasteiger partial charge in [-0.3, -0.25) is 15.0 Å². The molecule has 1 aliphatic heterocycles. The molecule has 1 saturated heterocycles. The number of nitrogens with zero attached hydrogens (tertiary/aromatic N) is 2. The number of quaternary nitrogens is 1. The number of piperazine rings is 1. The Morgan fingerprint density at radius 1 is 1.28 bits per heavy atom. The molecule has 0 bridgehead atoms. The van der Waals surface area contributed by atoms with E-state index in [1.807, 2.05) is 0 Å². The minimum atomic E-state index is -0.626. The van der Waals surface area contributed by atoms with Crippen LogP contribution in [0.1, 0.15) is 0 Å². The number of aromatic hydroxyl groups is 1. The summed E-state index contributed by atoms with van der Waals surface area (Å²) < 4.78 is 5.16. The Hall–Kier alpha value is -2.03. The summed E-state index contributed by atoms with van der Waals surface area (Å²) in [5.41, 5.74) is 0.701. The molecule has 1 heterocycles. The second kappa shape index (κ2) is 8.89. The first-order valence-corrected chi connectivity index (χ1v) is 7.81. The van der Waals surface area contributed by atoms with Gasteiger partial charge in [0.05, 0.1) is 32.9 Å². The largest absolute Gasteiger partial charge is 1.00 e. The highest BCUT2D eigenvalue weighted by atomic mass is 35.5. The molecule has 25 heavy (non-hydrogen) atoms. The van der Waals surface area contributed by atoms with E-state index in [-0.39, 0.29) is 24.1 Å². The van der Waals surface area contributed by atoms with Crippen molar-refractivity contribution in [1.29, 1.82) is 0 Å². The lowest BCUT2D eigenvalue weighted by molar-refractivity contribution is -0.905. The average Bonchev–Trinajstić information content (AvgIpc) is 2.53. The van der Waals surface area contributed by atoms with Crippen molar-refractivity contribution in [2.24, 2.45) is 0 Å². The van der Waals surface area contributed by atoms with Gasteiger partial charge < -0.3 is 32.1 Å². The summed E-state index contributed by atoms with van der Waals surface area (Å²) in [5.74, 6) is -0.260. The molecule has 0 saturated carbocycles. The fraction of sp³-hybridized carbons (Fsp3) is 0.500. The zero-order valence-electron chi connectivity index (χ0n) is 14.7. The molecule has 1 fully saturated rings. The zero-order valence-corrected chi connectivity index (χ0v) is 15.5. The molecule has 0 unspecified atom stereocenters. The number of likely N-dealkylation sites (N-methyl/N-ethyl adjacent to an activating group) is 2. The maximum absolute atomic E-state index is 12.3. The van der Waals surface area contributed by atoms with Crippen LogP contribution < -0.4 is 23.0 Å². The first kappa shape index (κ1) is 21.0. The van der Waals surface area contributed by atoms with Gasteiger partial charge in [0.1, 0.15) is 5.75 Å². The molecular weight excluding hydrogens is 348 g/mol. The lowest BCUT2D eigenvalue weighted by Crippen LogP contribution is -3.00. The summed E-state index contributed by atoms with van der Waals surface area (Å²) in [6, 6.07) is 4.49. The number of methoxy groups -OCH3 is 1. The summed E-state index contributed by atoms with van der Waals surface area (Å²) in [6.07, 6.45) is -0.626. The molecule has 1 aromatic carbocycles. The van der Waals surface area contributed by atoms with Gasteiger partial charge in [-0.1, -0.05) is 0 Å². The summed E-state index contributed by atoms with van der Waals surface area (Å²) in [4.78, 5) is 25.7. The van der Waals surface area contributed by atoms with Crippen molar-refractivity contribution >= 4 is 23.4 Å². The second-order valence-corrected chi connectivity index (χ2v) is 6.42. The number of halogens is 1. The summed E-state index contributed by atoms with van der Waals surface area (Å²) in [6.45, 7) is 4.11. The number of anilines is 2. The fourth-order valence-corrected chi connectivity index (χ4v) is 2.63. The molecule has 0 atom stereocenters. The van der Waals surface area contributed by atoms with Crippen LogP contribution in [0, 0.1) is 0 Å². The predicted molar refractivity (Wildman–Crippen MR) is 91.0 cm³/mol. The van der Waals surface area contributed by atoms with E-state index in [4.69, 9.17) is 0 Å². The Balaban J connectivity index is 0.00000312. The highest BCUT2D eigenvalue weighted by molar-refractivity contribution is 5.94. The Morgan fingerprint density at radius 3 is 2.48 bits per heavy atom. The number of carbonyl (C=O) groups excluding carboxylic acids is 2. The number of hydrogen-bond donors (Lipinski definition) is 3. The van der Waals surface area contributed by atoms with Gasteiger partial charge in [-0.05, 0) is 19.2 Å². The fourth-order valence-electron chi connectivity index (χ4n) is 2.63. The number of amides is 2.